The summed E-state index contributed by atoms with van der Waals surface area (Å²) in [5.74, 6) is 0.527. The SMILES string of the molecule is CSc1ccc(C(=O)Nc2nc(-c3ccco3)cs2)cc1. The number of nitrogens with one attached hydrogen (secondary N) is 1. The van der Waals surface area contributed by atoms with Gasteiger partial charge in [0, 0.05) is 15.8 Å². The van der Waals surface area contributed by atoms with Crippen molar-refractivity contribution >= 4 is 34.1 Å². The van der Waals surface area contributed by atoms with Crippen molar-refractivity contribution in [3.63, 3.8) is 0 Å². The van der Waals surface area contributed by atoms with Crippen LogP contribution < -0.4 is 5.32 Å². The van der Waals surface area contributed by atoms with Crippen molar-refractivity contribution in [3.8, 4) is 11.5 Å². The monoisotopic (exact) mass is 316 g/mol. The third-order valence-corrected chi connectivity index (χ3v) is 4.35. The highest BCUT2D eigenvalue weighted by Crippen LogP contribution is 2.25. The van der Waals surface area contributed by atoms with Crippen LogP contribution in [0, 0.1) is 0 Å². The van der Waals surface area contributed by atoms with Crippen molar-refractivity contribution in [1.82, 2.24) is 4.98 Å². The molecule has 0 fully saturated rings. The van der Waals surface area contributed by atoms with E-state index in [2.05, 4.69) is 10.3 Å². The molecular formula is C15H12N2O2S2. The lowest BCUT2D eigenvalue weighted by atomic mass is 10.2. The number of thiazole rings is 1. The van der Waals surface area contributed by atoms with E-state index in [1.54, 1.807) is 24.1 Å². The first kappa shape index (κ1) is 13.9. The number of benzene rings is 1. The largest absolute Gasteiger partial charge is 0.463 e. The fraction of sp³-hybridized carbons (Fsp3) is 0.0667. The van der Waals surface area contributed by atoms with Crippen LogP contribution in [0.5, 0.6) is 0 Å². The van der Waals surface area contributed by atoms with E-state index >= 15 is 0 Å². The predicted octanol–water partition coefficient (Wildman–Crippen LogP) is 4.38. The molecule has 0 saturated carbocycles. The van der Waals surface area contributed by atoms with Crippen LogP contribution >= 0.6 is 23.1 Å². The van der Waals surface area contributed by atoms with Gasteiger partial charge in [-0.2, -0.15) is 0 Å². The van der Waals surface area contributed by atoms with Gasteiger partial charge >= 0.3 is 0 Å². The highest BCUT2D eigenvalue weighted by Gasteiger charge is 2.11. The lowest BCUT2D eigenvalue weighted by molar-refractivity contribution is 0.102. The molecule has 21 heavy (non-hydrogen) atoms. The van der Waals surface area contributed by atoms with E-state index in [9.17, 15) is 4.79 Å². The Morgan fingerprint density at radius 2 is 2.10 bits per heavy atom. The smallest absolute Gasteiger partial charge is 0.257 e. The first-order valence-electron chi connectivity index (χ1n) is 6.21. The number of amides is 1. The molecule has 1 N–H and O–H groups in total. The molecule has 0 aliphatic heterocycles. The zero-order valence-electron chi connectivity index (χ0n) is 11.2. The topological polar surface area (TPSA) is 55.1 Å². The maximum absolute atomic E-state index is 12.1. The molecule has 1 aromatic carbocycles. The average molecular weight is 316 g/mol. The van der Waals surface area contributed by atoms with E-state index in [1.807, 2.05) is 42.0 Å². The molecule has 0 unspecified atom stereocenters. The molecule has 4 nitrogen and oxygen atoms in total. The van der Waals surface area contributed by atoms with E-state index in [0.29, 0.717) is 16.5 Å². The number of furan rings is 1. The summed E-state index contributed by atoms with van der Waals surface area (Å²) in [4.78, 5) is 17.6. The highest BCUT2D eigenvalue weighted by atomic mass is 32.2. The Labute approximate surface area is 130 Å². The van der Waals surface area contributed by atoms with Crippen LogP contribution in [-0.4, -0.2) is 17.1 Å². The molecule has 0 aliphatic carbocycles. The maximum Gasteiger partial charge on any atom is 0.257 e. The molecule has 0 spiro atoms. The molecule has 0 bridgehead atoms. The van der Waals surface area contributed by atoms with Crippen LogP contribution in [0.2, 0.25) is 0 Å². The van der Waals surface area contributed by atoms with Gasteiger partial charge in [0.15, 0.2) is 10.9 Å². The number of rotatable bonds is 4. The van der Waals surface area contributed by atoms with Gasteiger partial charge in [0.25, 0.3) is 5.91 Å². The van der Waals surface area contributed by atoms with Crippen LogP contribution in [0.1, 0.15) is 10.4 Å². The van der Waals surface area contributed by atoms with Crippen molar-refractivity contribution in [3.05, 3.63) is 53.6 Å². The summed E-state index contributed by atoms with van der Waals surface area (Å²) in [6.45, 7) is 0. The predicted molar refractivity (Wildman–Crippen MR) is 86.0 cm³/mol. The number of aromatic nitrogens is 1. The molecule has 3 rings (SSSR count). The summed E-state index contributed by atoms with van der Waals surface area (Å²) >= 11 is 3.01. The zero-order valence-corrected chi connectivity index (χ0v) is 12.8. The Balaban J connectivity index is 1.72. The Morgan fingerprint density at radius 3 is 2.76 bits per heavy atom. The first-order valence-corrected chi connectivity index (χ1v) is 8.31. The molecule has 0 aliphatic rings. The first-order chi connectivity index (χ1) is 10.3. The minimum Gasteiger partial charge on any atom is -0.463 e. The van der Waals surface area contributed by atoms with E-state index in [0.717, 1.165) is 10.6 Å². The summed E-state index contributed by atoms with van der Waals surface area (Å²) < 4.78 is 5.28. The molecule has 1 amide bonds. The van der Waals surface area contributed by atoms with E-state index in [4.69, 9.17) is 4.42 Å². The lowest BCUT2D eigenvalue weighted by Gasteiger charge is -2.02. The molecule has 106 valence electrons. The molecule has 0 radical (unpaired) electrons. The fourth-order valence-electron chi connectivity index (χ4n) is 1.78. The maximum atomic E-state index is 12.1. The minimum absolute atomic E-state index is 0.164. The van der Waals surface area contributed by atoms with Gasteiger partial charge < -0.3 is 4.42 Å². The average Bonchev–Trinajstić information content (AvgIpc) is 3.18. The van der Waals surface area contributed by atoms with Crippen LogP contribution in [0.4, 0.5) is 5.13 Å². The number of hydrogen-bond acceptors (Lipinski definition) is 5. The van der Waals surface area contributed by atoms with E-state index in [1.165, 1.54) is 11.3 Å². The fourth-order valence-corrected chi connectivity index (χ4v) is 2.88. The second-order valence-electron chi connectivity index (χ2n) is 4.20. The standard InChI is InChI=1S/C15H12N2O2S2/c1-20-11-6-4-10(5-7-11)14(18)17-15-16-12(9-21-15)13-3-2-8-19-13/h2-9H,1H3,(H,16,17,18). The van der Waals surface area contributed by atoms with Crippen LogP contribution in [0.3, 0.4) is 0 Å². The summed E-state index contributed by atoms with van der Waals surface area (Å²) in [6, 6.07) is 11.1. The number of carbonyl (C=O) groups is 1. The Hall–Kier alpha value is -2.05. The normalized spacial score (nSPS) is 10.5. The van der Waals surface area contributed by atoms with Gasteiger partial charge in [-0.15, -0.1) is 23.1 Å². The lowest BCUT2D eigenvalue weighted by Crippen LogP contribution is -2.11. The molecule has 6 heteroatoms. The van der Waals surface area contributed by atoms with Gasteiger partial charge in [-0.1, -0.05) is 0 Å². The van der Waals surface area contributed by atoms with E-state index < -0.39 is 0 Å². The minimum atomic E-state index is -0.164. The molecule has 3 aromatic rings. The quantitative estimate of drug-likeness (QED) is 0.726. The van der Waals surface area contributed by atoms with Crippen molar-refractivity contribution in [2.75, 3.05) is 11.6 Å². The van der Waals surface area contributed by atoms with Crippen molar-refractivity contribution in [2.24, 2.45) is 0 Å². The van der Waals surface area contributed by atoms with Gasteiger partial charge in [-0.25, -0.2) is 4.98 Å². The van der Waals surface area contributed by atoms with Gasteiger partial charge in [-0.05, 0) is 42.7 Å². The van der Waals surface area contributed by atoms with Gasteiger partial charge in [0.05, 0.1) is 6.26 Å². The summed E-state index contributed by atoms with van der Waals surface area (Å²) in [5.41, 5.74) is 1.33. The van der Waals surface area contributed by atoms with E-state index in [-0.39, 0.29) is 5.91 Å². The summed E-state index contributed by atoms with van der Waals surface area (Å²) in [5, 5.41) is 5.21. The van der Waals surface area contributed by atoms with Crippen molar-refractivity contribution < 1.29 is 9.21 Å². The van der Waals surface area contributed by atoms with Crippen LogP contribution in [0.25, 0.3) is 11.5 Å². The second kappa shape index (κ2) is 6.15. The number of hydrogen-bond donors (Lipinski definition) is 1. The van der Waals surface area contributed by atoms with Gasteiger partial charge in [-0.3, -0.25) is 10.1 Å². The Bertz CT molecular complexity index is 733. The molecule has 2 aromatic heterocycles. The van der Waals surface area contributed by atoms with Gasteiger partial charge in [0.2, 0.25) is 0 Å². The molecule has 0 atom stereocenters. The third kappa shape index (κ3) is 3.17. The molecular weight excluding hydrogens is 304 g/mol. The number of thioether (sulfide) groups is 1. The number of nitrogens with zero attached hydrogens (tertiary/aromatic N) is 1. The number of anilines is 1. The van der Waals surface area contributed by atoms with Gasteiger partial charge in [0.1, 0.15) is 5.69 Å². The Kier molecular flexibility index (Phi) is 4.08. The number of carbonyl (C=O) groups excluding carboxylic acids is 1. The second-order valence-corrected chi connectivity index (χ2v) is 5.94. The molecule has 0 saturated heterocycles. The van der Waals surface area contributed by atoms with Crippen LogP contribution in [-0.2, 0) is 0 Å². The molecule has 2 heterocycles. The van der Waals surface area contributed by atoms with Crippen molar-refractivity contribution in [2.45, 2.75) is 4.90 Å². The van der Waals surface area contributed by atoms with Crippen molar-refractivity contribution in [1.29, 1.82) is 0 Å². The highest BCUT2D eigenvalue weighted by molar-refractivity contribution is 7.98. The van der Waals surface area contributed by atoms with Crippen LogP contribution in [0.15, 0.2) is 57.4 Å². The summed E-state index contributed by atoms with van der Waals surface area (Å²) in [6.07, 6.45) is 3.60. The Morgan fingerprint density at radius 1 is 1.29 bits per heavy atom. The third-order valence-electron chi connectivity index (χ3n) is 2.85. The zero-order chi connectivity index (χ0) is 14.7. The summed E-state index contributed by atoms with van der Waals surface area (Å²) in [7, 11) is 0.